The predicted molar refractivity (Wildman–Crippen MR) is 109 cm³/mol. The van der Waals surface area contributed by atoms with Crippen LogP contribution in [0.5, 0.6) is 5.75 Å². The lowest BCUT2D eigenvalue weighted by Crippen LogP contribution is -2.33. The summed E-state index contributed by atoms with van der Waals surface area (Å²) < 4.78 is 7.18. The summed E-state index contributed by atoms with van der Waals surface area (Å²) in [5.41, 5.74) is 2.45. The van der Waals surface area contributed by atoms with E-state index in [0.717, 1.165) is 29.8 Å². The molecule has 4 rings (SSSR count). The SMILES string of the molecule is CCOc1ccc(-c2ccc3nnc(SCC(=O)NC4CCCC4)n3n2)cc1. The Hall–Kier alpha value is -2.61. The maximum absolute atomic E-state index is 12.2. The lowest BCUT2D eigenvalue weighted by molar-refractivity contribution is -0.119. The van der Waals surface area contributed by atoms with Crippen LogP contribution in [0.25, 0.3) is 16.9 Å². The van der Waals surface area contributed by atoms with Crippen LogP contribution in [0.3, 0.4) is 0 Å². The van der Waals surface area contributed by atoms with E-state index >= 15 is 0 Å². The number of nitrogens with one attached hydrogen (secondary N) is 1. The van der Waals surface area contributed by atoms with E-state index in [1.54, 1.807) is 4.52 Å². The van der Waals surface area contributed by atoms with Crippen molar-refractivity contribution in [3.63, 3.8) is 0 Å². The van der Waals surface area contributed by atoms with Gasteiger partial charge in [-0.2, -0.15) is 9.61 Å². The third-order valence-electron chi connectivity index (χ3n) is 4.75. The largest absolute Gasteiger partial charge is 0.494 e. The van der Waals surface area contributed by atoms with Gasteiger partial charge in [0.15, 0.2) is 5.65 Å². The third-order valence-corrected chi connectivity index (χ3v) is 5.67. The summed E-state index contributed by atoms with van der Waals surface area (Å²) in [5.74, 6) is 1.18. The Kier molecular flexibility index (Phi) is 5.76. The Labute approximate surface area is 167 Å². The zero-order chi connectivity index (χ0) is 19.3. The first-order valence-electron chi connectivity index (χ1n) is 9.61. The van der Waals surface area contributed by atoms with Gasteiger partial charge >= 0.3 is 0 Å². The van der Waals surface area contributed by atoms with E-state index in [1.807, 2.05) is 43.3 Å². The van der Waals surface area contributed by atoms with Gasteiger partial charge in [0.05, 0.1) is 18.1 Å². The molecule has 1 aromatic carbocycles. The molecule has 0 aliphatic heterocycles. The quantitative estimate of drug-likeness (QED) is 0.616. The summed E-state index contributed by atoms with van der Waals surface area (Å²) in [6.45, 7) is 2.60. The molecular formula is C20H23N5O2S. The molecule has 0 saturated heterocycles. The molecular weight excluding hydrogens is 374 g/mol. The van der Waals surface area contributed by atoms with E-state index in [1.165, 1.54) is 24.6 Å². The number of carbonyl (C=O) groups excluding carboxylic acids is 1. The van der Waals surface area contributed by atoms with Gasteiger partial charge < -0.3 is 10.1 Å². The third kappa shape index (κ3) is 4.27. The fourth-order valence-corrected chi connectivity index (χ4v) is 4.07. The minimum Gasteiger partial charge on any atom is -0.494 e. The molecule has 3 aromatic rings. The van der Waals surface area contributed by atoms with Crippen molar-refractivity contribution >= 4 is 23.3 Å². The van der Waals surface area contributed by atoms with Gasteiger partial charge in [-0.3, -0.25) is 4.79 Å². The van der Waals surface area contributed by atoms with Crippen LogP contribution in [0, 0.1) is 0 Å². The van der Waals surface area contributed by atoms with Gasteiger partial charge in [-0.05, 0) is 56.2 Å². The summed E-state index contributed by atoms with van der Waals surface area (Å²) in [4.78, 5) is 12.2. The number of rotatable bonds is 7. The molecule has 0 spiro atoms. The Morgan fingerprint density at radius 1 is 1.18 bits per heavy atom. The van der Waals surface area contributed by atoms with E-state index in [-0.39, 0.29) is 5.91 Å². The highest BCUT2D eigenvalue weighted by Gasteiger charge is 2.18. The van der Waals surface area contributed by atoms with Crippen molar-refractivity contribution in [3.8, 4) is 17.0 Å². The first-order chi connectivity index (χ1) is 13.7. The van der Waals surface area contributed by atoms with Gasteiger partial charge in [-0.1, -0.05) is 24.6 Å². The monoisotopic (exact) mass is 397 g/mol. The van der Waals surface area contributed by atoms with Gasteiger partial charge in [0.2, 0.25) is 11.1 Å². The molecule has 1 aliphatic carbocycles. The molecule has 1 aliphatic rings. The molecule has 2 aromatic heterocycles. The van der Waals surface area contributed by atoms with Crippen LogP contribution >= 0.6 is 11.8 Å². The predicted octanol–water partition coefficient (Wildman–Crippen LogP) is 3.34. The highest BCUT2D eigenvalue weighted by Crippen LogP contribution is 2.23. The lowest BCUT2D eigenvalue weighted by Gasteiger charge is -2.11. The number of amides is 1. The normalized spacial score (nSPS) is 14.5. The molecule has 0 radical (unpaired) electrons. The van der Waals surface area contributed by atoms with Crippen LogP contribution in [0.2, 0.25) is 0 Å². The highest BCUT2D eigenvalue weighted by molar-refractivity contribution is 7.99. The lowest BCUT2D eigenvalue weighted by atomic mass is 10.1. The Morgan fingerprint density at radius 3 is 2.71 bits per heavy atom. The first-order valence-corrected chi connectivity index (χ1v) is 10.6. The molecule has 28 heavy (non-hydrogen) atoms. The van der Waals surface area contributed by atoms with E-state index in [0.29, 0.717) is 29.2 Å². The summed E-state index contributed by atoms with van der Waals surface area (Å²) >= 11 is 1.36. The molecule has 1 N–H and O–H groups in total. The molecule has 146 valence electrons. The number of carbonyl (C=O) groups is 1. The summed E-state index contributed by atoms with van der Waals surface area (Å²) in [5, 5.41) is 16.7. The van der Waals surface area contributed by atoms with Crippen molar-refractivity contribution in [2.75, 3.05) is 12.4 Å². The van der Waals surface area contributed by atoms with E-state index < -0.39 is 0 Å². The molecule has 0 bridgehead atoms. The van der Waals surface area contributed by atoms with E-state index in [2.05, 4.69) is 20.6 Å². The number of hydrogen-bond donors (Lipinski definition) is 1. The van der Waals surface area contributed by atoms with E-state index in [9.17, 15) is 4.79 Å². The zero-order valence-electron chi connectivity index (χ0n) is 15.8. The van der Waals surface area contributed by atoms with Crippen molar-refractivity contribution in [1.82, 2.24) is 25.1 Å². The molecule has 1 fully saturated rings. The Balaban J connectivity index is 1.47. The average molecular weight is 398 g/mol. The number of nitrogens with zero attached hydrogens (tertiary/aromatic N) is 4. The number of fused-ring (bicyclic) bond motifs is 1. The van der Waals surface area contributed by atoms with Crippen LogP contribution in [0.1, 0.15) is 32.6 Å². The number of aromatic nitrogens is 4. The van der Waals surface area contributed by atoms with E-state index in [4.69, 9.17) is 4.74 Å². The van der Waals surface area contributed by atoms with Gasteiger partial charge in [-0.25, -0.2) is 0 Å². The summed E-state index contributed by atoms with van der Waals surface area (Å²) in [6, 6.07) is 11.9. The number of benzene rings is 1. The molecule has 7 nitrogen and oxygen atoms in total. The minimum atomic E-state index is 0.0383. The topological polar surface area (TPSA) is 81.4 Å². The van der Waals surface area contributed by atoms with Gasteiger partial charge in [0, 0.05) is 11.6 Å². The van der Waals surface area contributed by atoms with Crippen molar-refractivity contribution in [1.29, 1.82) is 0 Å². The molecule has 8 heteroatoms. The van der Waals surface area contributed by atoms with Gasteiger partial charge in [0.1, 0.15) is 5.75 Å². The second-order valence-electron chi connectivity index (χ2n) is 6.77. The first kappa shape index (κ1) is 18.7. The van der Waals surface area contributed by atoms with Crippen LogP contribution in [-0.2, 0) is 4.79 Å². The van der Waals surface area contributed by atoms with Gasteiger partial charge in [-0.15, -0.1) is 10.2 Å². The average Bonchev–Trinajstić information content (AvgIpc) is 3.36. The molecule has 0 atom stereocenters. The maximum atomic E-state index is 12.2. The number of ether oxygens (including phenoxy) is 1. The van der Waals surface area contributed by atoms with Crippen molar-refractivity contribution in [2.45, 2.75) is 43.8 Å². The van der Waals surface area contributed by atoms with Crippen LogP contribution in [0.4, 0.5) is 0 Å². The second kappa shape index (κ2) is 8.60. The molecule has 1 saturated carbocycles. The second-order valence-corrected chi connectivity index (χ2v) is 7.71. The van der Waals surface area contributed by atoms with Crippen molar-refractivity contribution in [3.05, 3.63) is 36.4 Å². The fraction of sp³-hybridized carbons (Fsp3) is 0.400. The smallest absolute Gasteiger partial charge is 0.230 e. The maximum Gasteiger partial charge on any atom is 0.230 e. The standard InChI is InChI=1S/C20H23N5O2S/c1-2-27-16-9-7-14(8-10-16)17-11-12-18-22-23-20(25(18)24-17)28-13-19(26)21-15-5-3-4-6-15/h7-12,15H,2-6,13H2,1H3,(H,21,26). The Bertz CT molecular complexity index is 951. The zero-order valence-corrected chi connectivity index (χ0v) is 16.6. The van der Waals surface area contributed by atoms with Crippen molar-refractivity contribution < 1.29 is 9.53 Å². The van der Waals surface area contributed by atoms with Crippen LogP contribution in [-0.4, -0.2) is 44.1 Å². The molecule has 0 unspecified atom stereocenters. The summed E-state index contributed by atoms with van der Waals surface area (Å²) in [7, 11) is 0. The highest BCUT2D eigenvalue weighted by atomic mass is 32.2. The molecule has 1 amide bonds. The fourth-order valence-electron chi connectivity index (χ4n) is 3.37. The van der Waals surface area contributed by atoms with Crippen LogP contribution in [0.15, 0.2) is 41.6 Å². The number of hydrogen-bond acceptors (Lipinski definition) is 6. The van der Waals surface area contributed by atoms with Gasteiger partial charge in [0.25, 0.3) is 0 Å². The minimum absolute atomic E-state index is 0.0383. The van der Waals surface area contributed by atoms with Crippen LogP contribution < -0.4 is 10.1 Å². The molecule has 2 heterocycles. The number of thioether (sulfide) groups is 1. The summed E-state index contributed by atoms with van der Waals surface area (Å²) in [6.07, 6.45) is 4.56. The van der Waals surface area contributed by atoms with Crippen molar-refractivity contribution in [2.24, 2.45) is 0 Å². The Morgan fingerprint density at radius 2 is 1.96 bits per heavy atom.